The molecule has 2 fully saturated rings. The fourth-order valence-electron chi connectivity index (χ4n) is 4.43. The fourth-order valence-corrected chi connectivity index (χ4v) is 6.00. The lowest BCUT2D eigenvalue weighted by Gasteiger charge is -2.46. The molecule has 1 aliphatic carbocycles. The van der Waals surface area contributed by atoms with Gasteiger partial charge in [-0.3, -0.25) is 9.11 Å². The molecule has 0 bridgehead atoms. The van der Waals surface area contributed by atoms with E-state index in [2.05, 4.69) is 15.5 Å². The third-order valence-electron chi connectivity index (χ3n) is 6.29. The van der Waals surface area contributed by atoms with Gasteiger partial charge in [-0.05, 0) is 37.1 Å². The van der Waals surface area contributed by atoms with Crippen LogP contribution in [0.3, 0.4) is 0 Å². The van der Waals surface area contributed by atoms with Crippen LogP contribution in [0.4, 0.5) is 16.3 Å². The van der Waals surface area contributed by atoms with Gasteiger partial charge < -0.3 is 20.3 Å². The minimum absolute atomic E-state index is 0.290. The Hall–Kier alpha value is -2.40. The quantitative estimate of drug-likeness (QED) is 0.533. The van der Waals surface area contributed by atoms with Crippen LogP contribution in [0.15, 0.2) is 30.3 Å². The first-order valence-corrected chi connectivity index (χ1v) is 12.8. The van der Waals surface area contributed by atoms with Gasteiger partial charge in [0.05, 0.1) is 18.9 Å². The molecular formula is C22H31N5O4S. The fraction of sp³-hybridized carbons (Fsp3) is 0.500. The SMILES string of the molecule is CNC(=O)Nc1ccc(-c2nc(N3CCOCC3)cc(C3(S(C)(O)O)CCCC3)n2)cc1. The zero-order valence-electron chi connectivity index (χ0n) is 18.5. The number of rotatable bonds is 5. The molecule has 2 heterocycles. The van der Waals surface area contributed by atoms with Crippen molar-refractivity contribution in [2.24, 2.45) is 0 Å². The normalized spacial score (nSPS) is 18.9. The molecule has 2 aromatic rings. The molecule has 1 aromatic carbocycles. The molecule has 4 N–H and O–H groups in total. The molecule has 0 spiro atoms. The van der Waals surface area contributed by atoms with E-state index >= 15 is 0 Å². The van der Waals surface area contributed by atoms with Crippen molar-refractivity contribution in [2.45, 2.75) is 30.4 Å². The summed E-state index contributed by atoms with van der Waals surface area (Å²) in [5, 5.41) is 5.26. The molecule has 2 amide bonds. The van der Waals surface area contributed by atoms with Crippen molar-refractivity contribution in [3.05, 3.63) is 36.0 Å². The smallest absolute Gasteiger partial charge is 0.318 e. The number of anilines is 2. The van der Waals surface area contributed by atoms with Crippen LogP contribution < -0.4 is 15.5 Å². The second-order valence-electron chi connectivity index (χ2n) is 8.35. The van der Waals surface area contributed by atoms with E-state index in [1.165, 1.54) is 6.26 Å². The van der Waals surface area contributed by atoms with Gasteiger partial charge in [0.15, 0.2) is 5.82 Å². The predicted octanol–water partition coefficient (Wildman–Crippen LogP) is 3.88. The number of benzene rings is 1. The van der Waals surface area contributed by atoms with Crippen molar-refractivity contribution in [1.29, 1.82) is 0 Å². The molecule has 1 saturated carbocycles. The molecule has 0 atom stereocenters. The van der Waals surface area contributed by atoms with Crippen LogP contribution in [-0.2, 0) is 9.48 Å². The highest BCUT2D eigenvalue weighted by molar-refractivity contribution is 8.24. The van der Waals surface area contributed by atoms with E-state index in [0.717, 1.165) is 37.3 Å². The van der Waals surface area contributed by atoms with Gasteiger partial charge in [-0.15, -0.1) is 0 Å². The Bertz CT molecular complexity index is 952. The Labute approximate surface area is 189 Å². The molecule has 2 aliphatic rings. The van der Waals surface area contributed by atoms with Gasteiger partial charge in [0.25, 0.3) is 0 Å². The van der Waals surface area contributed by atoms with E-state index in [1.54, 1.807) is 19.2 Å². The van der Waals surface area contributed by atoms with Gasteiger partial charge in [-0.1, -0.05) is 12.8 Å². The number of morpholine rings is 1. The summed E-state index contributed by atoms with van der Waals surface area (Å²) in [6.07, 6.45) is 4.80. The lowest BCUT2D eigenvalue weighted by atomic mass is 10.0. The average Bonchev–Trinajstić information content (AvgIpc) is 3.31. The first-order chi connectivity index (χ1) is 15.3. The number of carbonyl (C=O) groups is 1. The Balaban J connectivity index is 1.76. The lowest BCUT2D eigenvalue weighted by molar-refractivity contribution is 0.122. The zero-order valence-corrected chi connectivity index (χ0v) is 19.3. The van der Waals surface area contributed by atoms with Crippen LogP contribution in [0.1, 0.15) is 31.4 Å². The van der Waals surface area contributed by atoms with E-state index in [1.807, 2.05) is 18.2 Å². The number of hydrogen-bond donors (Lipinski definition) is 4. The maximum Gasteiger partial charge on any atom is 0.318 e. The van der Waals surface area contributed by atoms with Gasteiger partial charge in [0.2, 0.25) is 0 Å². The maximum absolute atomic E-state index is 11.6. The molecule has 1 aliphatic heterocycles. The van der Waals surface area contributed by atoms with Crippen LogP contribution >= 0.6 is 10.6 Å². The second kappa shape index (κ2) is 9.22. The van der Waals surface area contributed by atoms with Crippen molar-refractivity contribution in [3.63, 3.8) is 0 Å². The minimum Gasteiger partial charge on any atom is -0.378 e. The van der Waals surface area contributed by atoms with Crippen LogP contribution in [0.2, 0.25) is 0 Å². The van der Waals surface area contributed by atoms with E-state index in [4.69, 9.17) is 14.7 Å². The standard InChI is InChI=1S/C22H31N5O4S/c1-23-21(28)24-17-7-5-16(6-8-17)20-25-18(22(32(2,29)30)9-3-4-10-22)15-19(26-20)27-11-13-31-14-12-27/h5-8,15,29-30H,3-4,9-14H2,1-2H3,(H2,23,24,28). The average molecular weight is 462 g/mol. The Morgan fingerprint density at radius 3 is 2.38 bits per heavy atom. The number of aromatic nitrogens is 2. The molecule has 0 radical (unpaired) electrons. The molecule has 1 aromatic heterocycles. The summed E-state index contributed by atoms with van der Waals surface area (Å²) in [6.45, 7) is 2.70. The van der Waals surface area contributed by atoms with Crippen LogP contribution in [-0.4, -0.2) is 64.7 Å². The summed E-state index contributed by atoms with van der Waals surface area (Å²) in [7, 11) is -1.31. The summed E-state index contributed by atoms with van der Waals surface area (Å²) < 4.78 is 26.4. The summed E-state index contributed by atoms with van der Waals surface area (Å²) >= 11 is 0. The van der Waals surface area contributed by atoms with E-state index < -0.39 is 15.3 Å². The highest BCUT2D eigenvalue weighted by Crippen LogP contribution is 2.63. The third kappa shape index (κ3) is 4.54. The molecule has 10 heteroatoms. The molecule has 174 valence electrons. The Morgan fingerprint density at radius 2 is 1.78 bits per heavy atom. The van der Waals surface area contributed by atoms with Crippen molar-refractivity contribution in [3.8, 4) is 11.4 Å². The van der Waals surface area contributed by atoms with Crippen LogP contribution in [0, 0.1) is 0 Å². The summed E-state index contributed by atoms with van der Waals surface area (Å²) in [5.74, 6) is 1.31. The number of urea groups is 1. The number of hydrogen-bond acceptors (Lipinski definition) is 7. The zero-order chi connectivity index (χ0) is 22.8. The van der Waals surface area contributed by atoms with Gasteiger partial charge >= 0.3 is 6.03 Å². The van der Waals surface area contributed by atoms with Crippen molar-refractivity contribution < 1.29 is 18.6 Å². The first kappa shape index (κ1) is 22.8. The Morgan fingerprint density at radius 1 is 1.12 bits per heavy atom. The molecule has 1 saturated heterocycles. The second-order valence-corrected chi connectivity index (χ2v) is 10.8. The first-order valence-electron chi connectivity index (χ1n) is 10.9. The van der Waals surface area contributed by atoms with Crippen LogP contribution in [0.5, 0.6) is 0 Å². The summed E-state index contributed by atoms with van der Waals surface area (Å²) in [5.41, 5.74) is 2.15. The highest BCUT2D eigenvalue weighted by Gasteiger charge is 2.46. The summed E-state index contributed by atoms with van der Waals surface area (Å²) in [4.78, 5) is 23.4. The van der Waals surface area contributed by atoms with E-state index in [9.17, 15) is 13.9 Å². The topological polar surface area (TPSA) is 120 Å². The lowest BCUT2D eigenvalue weighted by Crippen LogP contribution is -2.37. The molecule has 4 rings (SSSR count). The Kier molecular flexibility index (Phi) is 6.57. The number of nitrogens with one attached hydrogen (secondary N) is 2. The van der Waals surface area contributed by atoms with Crippen molar-refractivity contribution in [2.75, 3.05) is 49.8 Å². The largest absolute Gasteiger partial charge is 0.378 e. The monoisotopic (exact) mass is 461 g/mol. The number of carbonyl (C=O) groups excluding carboxylic acids is 1. The predicted molar refractivity (Wildman–Crippen MR) is 127 cm³/mol. The van der Waals surface area contributed by atoms with Gasteiger partial charge in [0, 0.05) is 43.7 Å². The maximum atomic E-state index is 11.6. The van der Waals surface area contributed by atoms with Crippen LogP contribution in [0.25, 0.3) is 11.4 Å². The molecular weight excluding hydrogens is 430 g/mol. The van der Waals surface area contributed by atoms with Gasteiger partial charge in [0.1, 0.15) is 10.6 Å². The minimum atomic E-state index is -2.87. The number of amides is 2. The van der Waals surface area contributed by atoms with E-state index in [-0.39, 0.29) is 6.03 Å². The van der Waals surface area contributed by atoms with Crippen molar-refractivity contribution in [1.82, 2.24) is 15.3 Å². The molecule has 9 nitrogen and oxygen atoms in total. The van der Waals surface area contributed by atoms with Gasteiger partial charge in [-0.2, -0.15) is 10.6 Å². The van der Waals surface area contributed by atoms with Crippen molar-refractivity contribution >= 4 is 28.1 Å². The van der Waals surface area contributed by atoms with Gasteiger partial charge in [-0.25, -0.2) is 14.8 Å². The number of ether oxygens (including phenoxy) is 1. The highest BCUT2D eigenvalue weighted by atomic mass is 32.3. The summed E-state index contributed by atoms with van der Waals surface area (Å²) in [6, 6.07) is 8.96. The van der Waals surface area contributed by atoms with E-state index in [0.29, 0.717) is 43.3 Å². The molecule has 0 unspecified atom stereocenters. The third-order valence-corrected chi connectivity index (χ3v) is 8.39. The molecule has 32 heavy (non-hydrogen) atoms. The number of nitrogens with zero attached hydrogens (tertiary/aromatic N) is 3.